The Labute approximate surface area is 101 Å². The molecule has 1 heterocycles. The first-order chi connectivity index (χ1) is 6.97. The lowest BCUT2D eigenvalue weighted by Gasteiger charge is -2.09. The standard InChI is InChI=1S/C8H9BrN2O2S2/c1-6(2-4-10)11-15(12,13)8-7(9)3-5-14-8/h3,5-6,11H,2H2,1H3. The molecule has 1 rings (SSSR count). The van der Waals surface area contributed by atoms with Gasteiger partial charge in [0, 0.05) is 10.5 Å². The van der Waals surface area contributed by atoms with Crippen molar-refractivity contribution < 1.29 is 8.42 Å². The summed E-state index contributed by atoms with van der Waals surface area (Å²) >= 11 is 4.29. The summed E-state index contributed by atoms with van der Waals surface area (Å²) in [5, 5.41) is 10.1. The maximum atomic E-state index is 11.8. The number of nitrogens with one attached hydrogen (secondary N) is 1. The summed E-state index contributed by atoms with van der Waals surface area (Å²) in [5.41, 5.74) is 0. The van der Waals surface area contributed by atoms with Crippen LogP contribution in [0.1, 0.15) is 13.3 Å². The number of hydrogen-bond acceptors (Lipinski definition) is 4. The molecule has 0 aromatic carbocycles. The van der Waals surface area contributed by atoms with E-state index in [9.17, 15) is 8.42 Å². The molecule has 0 spiro atoms. The third-order valence-electron chi connectivity index (χ3n) is 1.58. The van der Waals surface area contributed by atoms with Crippen molar-refractivity contribution in [2.75, 3.05) is 0 Å². The summed E-state index contributed by atoms with van der Waals surface area (Å²) in [6.45, 7) is 1.66. The molecule has 1 atom stereocenters. The zero-order chi connectivity index (χ0) is 11.5. The Morgan fingerprint density at radius 3 is 2.87 bits per heavy atom. The number of nitriles is 1. The highest BCUT2D eigenvalue weighted by Crippen LogP contribution is 2.27. The van der Waals surface area contributed by atoms with Crippen LogP contribution in [0.15, 0.2) is 20.1 Å². The van der Waals surface area contributed by atoms with E-state index in [0.717, 1.165) is 11.3 Å². The third-order valence-corrected chi connectivity index (χ3v) is 5.84. The van der Waals surface area contributed by atoms with Crippen LogP contribution in [0.25, 0.3) is 0 Å². The lowest BCUT2D eigenvalue weighted by atomic mass is 10.3. The van der Waals surface area contributed by atoms with E-state index in [0.29, 0.717) is 4.47 Å². The van der Waals surface area contributed by atoms with Gasteiger partial charge in [0.15, 0.2) is 0 Å². The maximum absolute atomic E-state index is 11.8. The van der Waals surface area contributed by atoms with Crippen LogP contribution < -0.4 is 4.72 Å². The molecule has 0 aliphatic heterocycles. The van der Waals surface area contributed by atoms with E-state index in [1.54, 1.807) is 18.4 Å². The molecule has 1 unspecified atom stereocenters. The molecule has 1 N–H and O–H groups in total. The van der Waals surface area contributed by atoms with Gasteiger partial charge in [-0.1, -0.05) is 0 Å². The normalized spacial score (nSPS) is 13.4. The Balaban J connectivity index is 2.87. The minimum absolute atomic E-state index is 0.155. The van der Waals surface area contributed by atoms with Crippen LogP contribution in [0.2, 0.25) is 0 Å². The number of halogens is 1. The van der Waals surface area contributed by atoms with Crippen molar-refractivity contribution in [3.63, 3.8) is 0 Å². The molecule has 4 nitrogen and oxygen atoms in total. The first kappa shape index (κ1) is 12.6. The van der Waals surface area contributed by atoms with Gasteiger partial charge in [-0.25, -0.2) is 13.1 Å². The van der Waals surface area contributed by atoms with Gasteiger partial charge in [-0.15, -0.1) is 11.3 Å². The zero-order valence-corrected chi connectivity index (χ0v) is 11.1. The van der Waals surface area contributed by atoms with Crippen molar-refractivity contribution in [1.29, 1.82) is 5.26 Å². The van der Waals surface area contributed by atoms with E-state index in [1.807, 2.05) is 6.07 Å². The third kappa shape index (κ3) is 3.28. The predicted octanol–water partition coefficient (Wildman–Crippen LogP) is 2.09. The van der Waals surface area contributed by atoms with Crippen molar-refractivity contribution in [3.05, 3.63) is 15.9 Å². The Morgan fingerprint density at radius 2 is 2.40 bits per heavy atom. The SMILES string of the molecule is CC(CC#N)NS(=O)(=O)c1sccc1Br. The molecule has 0 aliphatic carbocycles. The van der Waals surface area contributed by atoms with Gasteiger partial charge in [0.05, 0.1) is 12.5 Å². The van der Waals surface area contributed by atoms with Gasteiger partial charge in [-0.2, -0.15) is 5.26 Å². The van der Waals surface area contributed by atoms with E-state index in [1.165, 1.54) is 0 Å². The minimum Gasteiger partial charge on any atom is -0.207 e. The van der Waals surface area contributed by atoms with Crippen LogP contribution in [0.3, 0.4) is 0 Å². The molecular formula is C8H9BrN2O2S2. The Bertz CT molecular complexity index is 475. The average Bonchev–Trinajstić information content (AvgIpc) is 2.51. The van der Waals surface area contributed by atoms with E-state index in [4.69, 9.17) is 5.26 Å². The summed E-state index contributed by atoms with van der Waals surface area (Å²) < 4.78 is 26.7. The summed E-state index contributed by atoms with van der Waals surface area (Å²) in [4.78, 5) is 0. The second kappa shape index (κ2) is 5.07. The minimum atomic E-state index is -3.50. The molecule has 0 saturated carbocycles. The molecular weight excluding hydrogens is 300 g/mol. The van der Waals surface area contributed by atoms with Crippen LogP contribution >= 0.6 is 27.3 Å². The van der Waals surface area contributed by atoms with Crippen molar-refractivity contribution in [2.45, 2.75) is 23.6 Å². The van der Waals surface area contributed by atoms with E-state index >= 15 is 0 Å². The molecule has 0 bridgehead atoms. The maximum Gasteiger partial charge on any atom is 0.251 e. The number of sulfonamides is 1. The van der Waals surface area contributed by atoms with Gasteiger partial charge in [0.1, 0.15) is 4.21 Å². The van der Waals surface area contributed by atoms with Gasteiger partial charge in [0.25, 0.3) is 10.0 Å². The topological polar surface area (TPSA) is 70.0 Å². The highest BCUT2D eigenvalue weighted by molar-refractivity contribution is 9.10. The highest BCUT2D eigenvalue weighted by Gasteiger charge is 2.21. The lowest BCUT2D eigenvalue weighted by molar-refractivity contribution is 0.565. The van der Waals surface area contributed by atoms with Crippen molar-refractivity contribution in [3.8, 4) is 6.07 Å². The summed E-state index contributed by atoms with van der Waals surface area (Å²) in [5.74, 6) is 0. The van der Waals surface area contributed by atoms with Crippen molar-refractivity contribution in [2.24, 2.45) is 0 Å². The summed E-state index contributed by atoms with van der Waals surface area (Å²) in [6, 6.07) is 3.21. The Kier molecular flexibility index (Phi) is 4.28. The molecule has 82 valence electrons. The van der Waals surface area contributed by atoms with Gasteiger partial charge in [-0.3, -0.25) is 0 Å². The number of rotatable bonds is 4. The second-order valence-electron chi connectivity index (χ2n) is 2.94. The smallest absolute Gasteiger partial charge is 0.207 e. The van der Waals surface area contributed by atoms with Crippen LogP contribution in [0.4, 0.5) is 0 Å². The van der Waals surface area contributed by atoms with Crippen molar-refractivity contribution >= 4 is 37.3 Å². The fraction of sp³-hybridized carbons (Fsp3) is 0.375. The first-order valence-corrected chi connectivity index (χ1v) is 7.25. The van der Waals surface area contributed by atoms with Crippen LogP contribution in [-0.2, 0) is 10.0 Å². The molecule has 0 saturated heterocycles. The van der Waals surface area contributed by atoms with Gasteiger partial charge in [0.2, 0.25) is 0 Å². The second-order valence-corrected chi connectivity index (χ2v) is 6.62. The monoisotopic (exact) mass is 308 g/mol. The molecule has 1 aromatic heterocycles. The summed E-state index contributed by atoms with van der Waals surface area (Å²) in [6.07, 6.45) is 0.155. The zero-order valence-electron chi connectivity index (χ0n) is 7.90. The summed E-state index contributed by atoms with van der Waals surface area (Å²) in [7, 11) is -3.50. The van der Waals surface area contributed by atoms with Crippen LogP contribution in [-0.4, -0.2) is 14.5 Å². The fourth-order valence-electron chi connectivity index (χ4n) is 0.969. The van der Waals surface area contributed by atoms with Crippen molar-refractivity contribution in [1.82, 2.24) is 4.72 Å². The van der Waals surface area contributed by atoms with Gasteiger partial charge in [-0.05, 0) is 34.3 Å². The molecule has 15 heavy (non-hydrogen) atoms. The average molecular weight is 309 g/mol. The predicted molar refractivity (Wildman–Crippen MR) is 62.0 cm³/mol. The molecule has 0 amide bonds. The van der Waals surface area contributed by atoms with E-state index < -0.39 is 10.0 Å². The van der Waals surface area contributed by atoms with Gasteiger partial charge < -0.3 is 0 Å². The highest BCUT2D eigenvalue weighted by atomic mass is 79.9. The fourth-order valence-corrected chi connectivity index (χ4v) is 4.57. The van der Waals surface area contributed by atoms with E-state index in [2.05, 4.69) is 20.7 Å². The van der Waals surface area contributed by atoms with Crippen LogP contribution in [0.5, 0.6) is 0 Å². The van der Waals surface area contributed by atoms with E-state index in [-0.39, 0.29) is 16.7 Å². The quantitative estimate of drug-likeness (QED) is 0.926. The molecule has 1 aromatic rings. The first-order valence-electron chi connectivity index (χ1n) is 4.09. The Hall–Kier alpha value is -0.420. The molecule has 7 heteroatoms. The molecule has 0 aliphatic rings. The molecule has 0 radical (unpaired) electrons. The number of nitrogens with zero attached hydrogens (tertiary/aromatic N) is 1. The largest absolute Gasteiger partial charge is 0.251 e. The molecule has 0 fully saturated rings. The number of thiophene rings is 1. The lowest BCUT2D eigenvalue weighted by Crippen LogP contribution is -2.31. The number of hydrogen-bond donors (Lipinski definition) is 1. The van der Waals surface area contributed by atoms with Crippen LogP contribution in [0, 0.1) is 11.3 Å². The Morgan fingerprint density at radius 1 is 1.73 bits per heavy atom. The van der Waals surface area contributed by atoms with Gasteiger partial charge >= 0.3 is 0 Å².